The van der Waals surface area contributed by atoms with Crippen LogP contribution in [0, 0.1) is 0 Å². The van der Waals surface area contributed by atoms with Gasteiger partial charge in [-0.1, -0.05) is 72.8 Å². The maximum atomic E-state index is 13.3. The fraction of sp³-hybridized carbons (Fsp3) is 0. The van der Waals surface area contributed by atoms with Gasteiger partial charge in [0.25, 0.3) is 0 Å². The van der Waals surface area contributed by atoms with E-state index in [2.05, 4.69) is 31.9 Å². The maximum Gasteiger partial charge on any atom is 0.417 e. The predicted octanol–water partition coefficient (Wildman–Crippen LogP) is 11.4. The number of carbonyl (C=O) groups excluding carboxylic acids is 4. The third-order valence-corrected chi connectivity index (χ3v) is 12.4. The summed E-state index contributed by atoms with van der Waals surface area (Å²) in [5.41, 5.74) is 3.28. The number of para-hydroxylation sites is 2. The Morgan fingerprint density at radius 1 is 0.306 bits per heavy atom. The van der Waals surface area contributed by atoms with Gasteiger partial charge in [0.15, 0.2) is 0 Å². The van der Waals surface area contributed by atoms with Crippen LogP contribution in [-0.2, 0) is 20.2 Å². The van der Waals surface area contributed by atoms with Crippen LogP contribution in [0.1, 0.15) is 0 Å². The van der Waals surface area contributed by atoms with Crippen molar-refractivity contribution in [2.75, 3.05) is 31.9 Å². The number of anilines is 6. The number of ether oxygens (including phenoxy) is 2. The first-order chi connectivity index (χ1) is 34.7. The molecule has 8 aromatic rings. The summed E-state index contributed by atoms with van der Waals surface area (Å²) in [6.45, 7) is 0. The molecule has 18 nitrogen and oxygen atoms in total. The highest BCUT2D eigenvalue weighted by atomic mass is 32.2. The Balaban J connectivity index is 0.800. The summed E-state index contributed by atoms with van der Waals surface area (Å²) in [6, 6.07) is 51.4. The highest BCUT2D eigenvalue weighted by Crippen LogP contribution is 2.28. The summed E-state index contributed by atoms with van der Waals surface area (Å²) in [5.74, 6) is 0.620. The molecule has 0 heterocycles. The monoisotopic (exact) mass is 1000 g/mol. The normalized spacial score (nSPS) is 10.9. The molecule has 0 saturated heterocycles. The van der Waals surface area contributed by atoms with Crippen LogP contribution in [0.2, 0.25) is 0 Å². The first-order valence-electron chi connectivity index (χ1n) is 21.4. The standard InChI is InChI=1S/C52H40N6O12S2/c59-49(53-37-21-25-39(26-22-37)57-51(61)67-43-11-3-1-4-12-43)55-41-9-7-15-45(33-41)69-71(63,64)47-29-17-35(18-30-47)36-19-31-48(32-20-36)72(65,66)70-46-16-8-10-42(34-46)56-50(60)54-38-23-27-40(28-24-38)58-52(62)68-44-13-5-2-6-14-44/h1-34H,(H,57,61)(H,58,62)(H2,53,55,59)(H2,54,56,60). The van der Waals surface area contributed by atoms with Crippen molar-refractivity contribution in [2.24, 2.45) is 0 Å². The van der Waals surface area contributed by atoms with Gasteiger partial charge in [0.05, 0.1) is 0 Å². The SMILES string of the molecule is O=C(Nc1ccc(NC(=O)Oc2ccccc2)cc1)Nc1cccc(OS(=O)(=O)c2ccc(-c3ccc(S(=O)(=O)Oc4cccc(NC(=O)Nc5ccc(NC(=O)Oc6ccccc6)cc5)c4)cc3)cc2)c1. The van der Waals surface area contributed by atoms with Gasteiger partial charge in [-0.3, -0.25) is 10.6 Å². The van der Waals surface area contributed by atoms with Gasteiger partial charge in [0.2, 0.25) is 0 Å². The van der Waals surface area contributed by atoms with Gasteiger partial charge in [-0.2, -0.15) is 16.8 Å². The molecule has 0 unspecified atom stereocenters. The van der Waals surface area contributed by atoms with E-state index in [1.54, 1.807) is 121 Å². The summed E-state index contributed by atoms with van der Waals surface area (Å²) in [4.78, 5) is 49.6. The second-order valence-electron chi connectivity index (χ2n) is 15.1. The van der Waals surface area contributed by atoms with Crippen LogP contribution < -0.4 is 49.7 Å². The molecule has 6 amide bonds. The Bertz CT molecular complexity index is 3210. The Morgan fingerprint density at radius 3 is 0.958 bits per heavy atom. The molecule has 6 N–H and O–H groups in total. The first-order valence-corrected chi connectivity index (χ1v) is 24.3. The van der Waals surface area contributed by atoms with Crippen molar-refractivity contribution in [1.29, 1.82) is 0 Å². The van der Waals surface area contributed by atoms with E-state index < -0.39 is 44.5 Å². The number of benzene rings is 8. The van der Waals surface area contributed by atoms with E-state index in [9.17, 15) is 36.0 Å². The Kier molecular flexibility index (Phi) is 15.0. The van der Waals surface area contributed by atoms with Gasteiger partial charge in [-0.15, -0.1) is 0 Å². The molecule has 8 rings (SSSR count). The van der Waals surface area contributed by atoms with Crippen molar-refractivity contribution in [3.63, 3.8) is 0 Å². The van der Waals surface area contributed by atoms with Crippen molar-refractivity contribution < 1.29 is 53.9 Å². The molecule has 8 aromatic carbocycles. The van der Waals surface area contributed by atoms with Gasteiger partial charge in [0.1, 0.15) is 32.8 Å². The molecular weight excluding hydrogens is 965 g/mol. The summed E-state index contributed by atoms with van der Waals surface area (Å²) >= 11 is 0. The average Bonchev–Trinajstić information content (AvgIpc) is 3.36. The molecule has 0 atom stereocenters. The fourth-order valence-corrected chi connectivity index (χ4v) is 8.41. The van der Waals surface area contributed by atoms with Gasteiger partial charge in [0, 0.05) is 46.3 Å². The third-order valence-electron chi connectivity index (χ3n) is 9.90. The Labute approximate surface area is 412 Å². The van der Waals surface area contributed by atoms with E-state index in [1.807, 2.05) is 0 Å². The van der Waals surface area contributed by atoms with E-state index in [0.29, 0.717) is 45.4 Å². The van der Waals surface area contributed by atoms with Crippen LogP contribution in [0.15, 0.2) is 216 Å². The van der Waals surface area contributed by atoms with E-state index in [0.717, 1.165) is 0 Å². The molecule has 20 heteroatoms. The molecule has 0 radical (unpaired) electrons. The molecule has 0 saturated carbocycles. The quantitative estimate of drug-likeness (QED) is 0.0525. The van der Waals surface area contributed by atoms with E-state index in [4.69, 9.17) is 17.8 Å². The van der Waals surface area contributed by atoms with Gasteiger partial charge in [-0.05, 0) is 132 Å². The molecule has 72 heavy (non-hydrogen) atoms. The minimum atomic E-state index is -4.33. The van der Waals surface area contributed by atoms with Crippen LogP contribution in [0.4, 0.5) is 53.3 Å². The lowest BCUT2D eigenvalue weighted by molar-refractivity contribution is 0.214. The largest absolute Gasteiger partial charge is 0.417 e. The highest BCUT2D eigenvalue weighted by Gasteiger charge is 2.20. The molecule has 0 spiro atoms. The number of urea groups is 2. The number of hydrogen-bond donors (Lipinski definition) is 6. The minimum Gasteiger partial charge on any atom is -0.410 e. The summed E-state index contributed by atoms with van der Waals surface area (Å²) in [6.07, 6.45) is -1.37. The number of nitrogens with one attached hydrogen (secondary N) is 6. The Hall–Kier alpha value is -9.66. The van der Waals surface area contributed by atoms with Gasteiger partial charge >= 0.3 is 44.5 Å². The van der Waals surface area contributed by atoms with E-state index in [-0.39, 0.29) is 32.7 Å². The zero-order valence-electron chi connectivity index (χ0n) is 37.3. The number of rotatable bonds is 15. The smallest absolute Gasteiger partial charge is 0.410 e. The van der Waals surface area contributed by atoms with Gasteiger partial charge < -0.3 is 39.1 Å². The van der Waals surface area contributed by atoms with Crippen molar-refractivity contribution in [1.82, 2.24) is 0 Å². The lowest BCUT2D eigenvalue weighted by Gasteiger charge is -2.12. The second kappa shape index (κ2) is 22.2. The van der Waals surface area contributed by atoms with Crippen molar-refractivity contribution >= 4 is 78.6 Å². The van der Waals surface area contributed by atoms with Gasteiger partial charge in [-0.25, -0.2) is 19.2 Å². The summed E-state index contributed by atoms with van der Waals surface area (Å²) < 4.78 is 74.2. The molecule has 0 aromatic heterocycles. The van der Waals surface area contributed by atoms with Crippen molar-refractivity contribution in [3.8, 4) is 34.1 Å². The fourth-order valence-electron chi connectivity index (χ4n) is 6.57. The molecule has 0 aliphatic rings. The van der Waals surface area contributed by atoms with Crippen LogP contribution in [0.5, 0.6) is 23.0 Å². The van der Waals surface area contributed by atoms with Crippen molar-refractivity contribution in [2.45, 2.75) is 9.79 Å². The highest BCUT2D eigenvalue weighted by molar-refractivity contribution is 7.87. The second-order valence-corrected chi connectivity index (χ2v) is 18.2. The lowest BCUT2D eigenvalue weighted by Crippen LogP contribution is -2.20. The number of amides is 6. The molecule has 0 aliphatic heterocycles. The van der Waals surface area contributed by atoms with E-state index in [1.165, 1.54) is 84.9 Å². The van der Waals surface area contributed by atoms with Crippen LogP contribution >= 0.6 is 0 Å². The Morgan fingerprint density at radius 2 is 0.611 bits per heavy atom. The van der Waals surface area contributed by atoms with Crippen LogP contribution in [-0.4, -0.2) is 41.1 Å². The summed E-state index contributed by atoms with van der Waals surface area (Å²) in [5, 5.41) is 15.7. The zero-order chi connectivity index (χ0) is 50.5. The third kappa shape index (κ3) is 13.7. The maximum absolute atomic E-state index is 13.3. The topological polar surface area (TPSA) is 246 Å². The number of carbonyl (C=O) groups is 4. The first kappa shape index (κ1) is 48.8. The summed E-state index contributed by atoms with van der Waals surface area (Å²) in [7, 11) is -8.67. The molecule has 0 fully saturated rings. The van der Waals surface area contributed by atoms with Crippen LogP contribution in [0.3, 0.4) is 0 Å². The molecule has 0 aliphatic carbocycles. The van der Waals surface area contributed by atoms with Crippen LogP contribution in [0.25, 0.3) is 11.1 Å². The average molecular weight is 1010 g/mol. The zero-order valence-corrected chi connectivity index (χ0v) is 39.0. The molecule has 362 valence electrons. The lowest BCUT2D eigenvalue weighted by atomic mass is 10.1. The van der Waals surface area contributed by atoms with Crippen molar-refractivity contribution in [3.05, 3.63) is 206 Å². The number of hydrogen-bond acceptors (Lipinski definition) is 12. The minimum absolute atomic E-state index is 0.0688. The predicted molar refractivity (Wildman–Crippen MR) is 271 cm³/mol. The van der Waals surface area contributed by atoms with E-state index >= 15 is 0 Å². The molecular formula is C52H40N6O12S2. The molecule has 0 bridgehead atoms.